The summed E-state index contributed by atoms with van der Waals surface area (Å²) >= 11 is 1.33. The van der Waals surface area contributed by atoms with Crippen LogP contribution < -0.4 is 11.2 Å². The smallest absolute Gasteiger partial charge is 0.330 e. The van der Waals surface area contributed by atoms with Crippen LogP contribution in [0.3, 0.4) is 0 Å². The molecule has 0 spiro atoms. The van der Waals surface area contributed by atoms with Crippen molar-refractivity contribution >= 4 is 29.6 Å². The van der Waals surface area contributed by atoms with Gasteiger partial charge in [0.05, 0.1) is 13.6 Å². The van der Waals surface area contributed by atoms with Crippen molar-refractivity contribution < 1.29 is 4.74 Å². The minimum atomic E-state index is -1.40. The monoisotopic (exact) mass is 298 g/mol. The van der Waals surface area contributed by atoms with Gasteiger partial charge in [0.15, 0.2) is 0 Å². The van der Waals surface area contributed by atoms with Crippen LogP contribution >= 0.6 is 11.3 Å². The zero-order valence-electron chi connectivity index (χ0n) is 11.5. The van der Waals surface area contributed by atoms with Crippen molar-refractivity contribution in [3.8, 4) is 0 Å². The second-order valence-corrected chi connectivity index (χ2v) is 12.1. The molecule has 104 valence electrons. The molecular weight excluding hydrogens is 280 g/mol. The molecule has 5 nitrogen and oxygen atoms in total. The Morgan fingerprint density at radius 1 is 1.42 bits per heavy atom. The van der Waals surface area contributed by atoms with Crippen molar-refractivity contribution in [1.82, 2.24) is 9.55 Å². The molecule has 0 aliphatic carbocycles. The van der Waals surface area contributed by atoms with Gasteiger partial charge in [-0.05, 0) is 18.4 Å². The van der Waals surface area contributed by atoms with Crippen LogP contribution in [0.25, 0.3) is 10.2 Å². The maximum absolute atomic E-state index is 11.9. The quantitative estimate of drug-likeness (QED) is 0.878. The van der Waals surface area contributed by atoms with E-state index in [2.05, 4.69) is 24.6 Å². The van der Waals surface area contributed by atoms with Crippen molar-refractivity contribution in [2.24, 2.45) is 0 Å². The van der Waals surface area contributed by atoms with Crippen molar-refractivity contribution in [2.75, 3.05) is 0 Å². The lowest BCUT2D eigenvalue weighted by molar-refractivity contribution is 0.0564. The summed E-state index contributed by atoms with van der Waals surface area (Å²) in [5, 5.41) is 1.80. The van der Waals surface area contributed by atoms with Gasteiger partial charge in [-0.1, -0.05) is 19.6 Å². The topological polar surface area (TPSA) is 64.1 Å². The first-order valence-corrected chi connectivity index (χ1v) is 10.6. The minimum absolute atomic E-state index is 0.139. The fraction of sp³-hybridized carbons (Fsp3) is 0.500. The van der Waals surface area contributed by atoms with E-state index in [0.717, 1.165) is 0 Å². The Morgan fingerprint density at radius 2 is 2.11 bits per heavy atom. The van der Waals surface area contributed by atoms with E-state index in [9.17, 15) is 9.59 Å². The van der Waals surface area contributed by atoms with Crippen LogP contribution in [-0.2, 0) is 11.5 Å². The third kappa shape index (κ3) is 2.88. The Labute approximate surface area is 115 Å². The average Bonchev–Trinajstić information content (AvgIpc) is 2.76. The summed E-state index contributed by atoms with van der Waals surface area (Å²) < 4.78 is 7.83. The Morgan fingerprint density at radius 3 is 2.74 bits per heavy atom. The molecule has 0 bridgehead atoms. The number of nitrogens with one attached hydrogen (secondary N) is 1. The molecule has 1 N–H and O–H groups in total. The Hall–Kier alpha value is -1.18. The van der Waals surface area contributed by atoms with E-state index in [1.807, 2.05) is 6.92 Å². The van der Waals surface area contributed by atoms with Gasteiger partial charge >= 0.3 is 5.69 Å². The molecule has 7 heteroatoms. The van der Waals surface area contributed by atoms with Gasteiger partial charge in [-0.2, -0.15) is 0 Å². The summed E-state index contributed by atoms with van der Waals surface area (Å²) in [6.45, 7) is 8.86. The molecule has 19 heavy (non-hydrogen) atoms. The molecule has 0 saturated heterocycles. The van der Waals surface area contributed by atoms with Gasteiger partial charge in [0.1, 0.15) is 11.4 Å². The first-order chi connectivity index (χ1) is 8.80. The number of H-pyrrole nitrogens is 1. The molecule has 0 radical (unpaired) electrons. The molecule has 1 unspecified atom stereocenters. The van der Waals surface area contributed by atoms with Gasteiger partial charge in [-0.3, -0.25) is 14.3 Å². The highest BCUT2D eigenvalue weighted by Gasteiger charge is 2.23. The van der Waals surface area contributed by atoms with Crippen LogP contribution in [0.15, 0.2) is 21.0 Å². The lowest BCUT2D eigenvalue weighted by Gasteiger charge is -2.25. The summed E-state index contributed by atoms with van der Waals surface area (Å²) in [6, 6.07) is 1.78. The van der Waals surface area contributed by atoms with Crippen LogP contribution in [0.2, 0.25) is 19.6 Å². The van der Waals surface area contributed by atoms with Gasteiger partial charge in [0.2, 0.25) is 0 Å². The van der Waals surface area contributed by atoms with Crippen LogP contribution in [0, 0.1) is 0 Å². The minimum Gasteiger partial charge on any atom is -0.361 e. The number of fused-ring (bicyclic) bond motifs is 1. The number of ether oxygens (including phenoxy) is 1. The molecule has 2 rings (SSSR count). The maximum Gasteiger partial charge on any atom is 0.330 e. The Kier molecular flexibility index (Phi) is 3.79. The van der Waals surface area contributed by atoms with Gasteiger partial charge in [-0.25, -0.2) is 4.79 Å². The van der Waals surface area contributed by atoms with E-state index in [0.29, 0.717) is 10.2 Å². The number of thiophene rings is 1. The largest absolute Gasteiger partial charge is 0.361 e. The first-order valence-electron chi connectivity index (χ1n) is 6.12. The molecule has 2 aromatic rings. The SMILES string of the molecule is CC(OCn1c(=O)[nH]c(=O)c2sccc21)[Si](C)(C)C. The van der Waals surface area contributed by atoms with Gasteiger partial charge in [-0.15, -0.1) is 11.3 Å². The molecular formula is C12H18N2O3SSi. The lowest BCUT2D eigenvalue weighted by Crippen LogP contribution is -2.39. The fourth-order valence-electron chi connectivity index (χ4n) is 1.58. The van der Waals surface area contributed by atoms with Gasteiger partial charge in [0.25, 0.3) is 5.56 Å². The average molecular weight is 298 g/mol. The van der Waals surface area contributed by atoms with E-state index in [-0.39, 0.29) is 18.0 Å². The number of hydrogen-bond acceptors (Lipinski definition) is 4. The fourth-order valence-corrected chi connectivity index (χ4v) is 2.94. The highest BCUT2D eigenvalue weighted by atomic mass is 32.1. The summed E-state index contributed by atoms with van der Waals surface area (Å²) in [7, 11) is -1.40. The maximum atomic E-state index is 11.9. The number of aromatic amines is 1. The summed E-state index contributed by atoms with van der Waals surface area (Å²) in [5.74, 6) is 0. The van der Waals surface area contributed by atoms with Crippen molar-refractivity contribution in [3.63, 3.8) is 0 Å². The molecule has 1 atom stereocenters. The van der Waals surface area contributed by atoms with E-state index >= 15 is 0 Å². The molecule has 0 amide bonds. The summed E-state index contributed by atoms with van der Waals surface area (Å²) in [6.07, 6.45) is 0. The van der Waals surface area contributed by atoms with Crippen LogP contribution in [0.1, 0.15) is 6.92 Å². The zero-order valence-corrected chi connectivity index (χ0v) is 13.3. The predicted molar refractivity (Wildman–Crippen MR) is 80.6 cm³/mol. The molecule has 0 saturated carbocycles. The molecule has 0 aromatic carbocycles. The van der Waals surface area contributed by atoms with Crippen LogP contribution in [-0.4, -0.2) is 23.4 Å². The van der Waals surface area contributed by atoms with Crippen molar-refractivity contribution in [3.05, 3.63) is 32.3 Å². The molecule has 2 heterocycles. The van der Waals surface area contributed by atoms with Crippen LogP contribution in [0.4, 0.5) is 0 Å². The number of nitrogens with zero attached hydrogens (tertiary/aromatic N) is 1. The molecule has 2 aromatic heterocycles. The third-order valence-electron chi connectivity index (χ3n) is 3.28. The van der Waals surface area contributed by atoms with Crippen molar-refractivity contribution in [2.45, 2.75) is 39.0 Å². The summed E-state index contributed by atoms with van der Waals surface area (Å²) in [5.41, 5.74) is 0.0321. The van der Waals surface area contributed by atoms with Gasteiger partial charge in [0, 0.05) is 5.73 Å². The Balaban J connectivity index is 2.34. The molecule has 0 aliphatic heterocycles. The van der Waals surface area contributed by atoms with E-state index in [4.69, 9.17) is 4.74 Å². The van der Waals surface area contributed by atoms with E-state index in [1.165, 1.54) is 15.9 Å². The zero-order chi connectivity index (χ0) is 14.2. The van der Waals surface area contributed by atoms with E-state index < -0.39 is 13.8 Å². The normalized spacial score (nSPS) is 13.9. The number of aromatic nitrogens is 2. The number of rotatable bonds is 4. The number of hydrogen-bond donors (Lipinski definition) is 1. The molecule has 0 fully saturated rings. The highest BCUT2D eigenvalue weighted by molar-refractivity contribution is 7.17. The second-order valence-electron chi connectivity index (χ2n) is 5.63. The van der Waals surface area contributed by atoms with Crippen molar-refractivity contribution in [1.29, 1.82) is 0 Å². The third-order valence-corrected chi connectivity index (χ3v) is 6.79. The first kappa shape index (κ1) is 14.2. The lowest BCUT2D eigenvalue weighted by atomic mass is 10.4. The van der Waals surface area contributed by atoms with Gasteiger partial charge < -0.3 is 4.74 Å². The standard InChI is InChI=1S/C12H18N2O3SSi/c1-8(19(2,3)4)17-7-14-9-5-6-18-10(9)11(15)13-12(14)16/h5-6,8H,7H2,1-4H3,(H,13,15,16). The summed E-state index contributed by atoms with van der Waals surface area (Å²) in [4.78, 5) is 25.8. The molecule has 0 aliphatic rings. The van der Waals surface area contributed by atoms with Crippen LogP contribution in [0.5, 0.6) is 0 Å². The highest BCUT2D eigenvalue weighted by Crippen LogP contribution is 2.16. The second kappa shape index (κ2) is 5.07. The van der Waals surface area contributed by atoms with E-state index in [1.54, 1.807) is 11.4 Å². The predicted octanol–water partition coefficient (Wildman–Crippen LogP) is 1.99. The Bertz CT molecular complexity index is 695.